The number of ketones is 1. The summed E-state index contributed by atoms with van der Waals surface area (Å²) in [5.41, 5.74) is 0. The molecule has 0 unspecified atom stereocenters. The second kappa shape index (κ2) is 3.12. The van der Waals surface area contributed by atoms with Gasteiger partial charge in [0.1, 0.15) is 5.78 Å². The van der Waals surface area contributed by atoms with Gasteiger partial charge in [-0.25, -0.2) is 0 Å². The van der Waals surface area contributed by atoms with Crippen LogP contribution in [0, 0.1) is 0 Å². The van der Waals surface area contributed by atoms with Crippen molar-refractivity contribution in [2.24, 2.45) is 0 Å². The minimum Gasteiger partial charge on any atom is -0.378 e. The van der Waals surface area contributed by atoms with E-state index in [0.717, 1.165) is 0 Å². The van der Waals surface area contributed by atoms with Crippen LogP contribution in [0.4, 0.5) is 0 Å². The molecule has 3 nitrogen and oxygen atoms in total. The third-order valence-electron chi connectivity index (χ3n) is 1.88. The average Bonchev–Trinajstić information content (AvgIpc) is 2.30. The molecule has 1 aliphatic carbocycles. The first kappa shape index (κ1) is 7.69. The minimum absolute atomic E-state index is 0.0162. The Balaban J connectivity index is 2.48. The molecule has 0 heterocycles. The summed E-state index contributed by atoms with van der Waals surface area (Å²) in [6, 6.07) is 0. The molecule has 0 aliphatic heterocycles. The molecular formula is C7H12O3. The van der Waals surface area contributed by atoms with Gasteiger partial charge in [0.25, 0.3) is 0 Å². The summed E-state index contributed by atoms with van der Waals surface area (Å²) in [4.78, 5) is 10.8. The molecule has 3 heteroatoms. The second-order valence-corrected chi connectivity index (χ2v) is 2.50. The van der Waals surface area contributed by atoms with Crippen molar-refractivity contribution < 1.29 is 14.3 Å². The Morgan fingerprint density at radius 1 is 1.20 bits per heavy atom. The van der Waals surface area contributed by atoms with Gasteiger partial charge in [-0.05, 0) is 0 Å². The molecule has 1 aliphatic rings. The maximum atomic E-state index is 10.8. The van der Waals surface area contributed by atoms with Crippen molar-refractivity contribution in [1.29, 1.82) is 0 Å². The van der Waals surface area contributed by atoms with Crippen LogP contribution in [0.5, 0.6) is 0 Å². The summed E-state index contributed by atoms with van der Waals surface area (Å²) >= 11 is 0. The number of methoxy groups -OCH3 is 2. The van der Waals surface area contributed by atoms with E-state index in [-0.39, 0.29) is 18.0 Å². The smallest absolute Gasteiger partial charge is 0.138 e. The zero-order chi connectivity index (χ0) is 7.56. The molecular weight excluding hydrogens is 132 g/mol. The molecule has 0 amide bonds. The number of Topliss-reactive ketones (excluding diaryl/α,β-unsaturated/α-hetero) is 1. The van der Waals surface area contributed by atoms with Crippen molar-refractivity contribution in [3.05, 3.63) is 0 Å². The van der Waals surface area contributed by atoms with Crippen LogP contribution in [0.15, 0.2) is 0 Å². The summed E-state index contributed by atoms with van der Waals surface area (Å²) in [5.74, 6) is 0.235. The molecule has 0 N–H and O–H groups in total. The fourth-order valence-electron chi connectivity index (χ4n) is 1.27. The minimum atomic E-state index is -0.0162. The first-order valence-electron chi connectivity index (χ1n) is 3.35. The topological polar surface area (TPSA) is 35.5 Å². The Labute approximate surface area is 60.3 Å². The highest BCUT2D eigenvalue weighted by Crippen LogP contribution is 2.20. The van der Waals surface area contributed by atoms with Gasteiger partial charge in [-0.1, -0.05) is 0 Å². The molecule has 1 saturated carbocycles. The largest absolute Gasteiger partial charge is 0.378 e. The number of carbonyl (C=O) groups excluding carboxylic acids is 1. The monoisotopic (exact) mass is 144 g/mol. The highest BCUT2D eigenvalue weighted by Gasteiger charge is 2.32. The van der Waals surface area contributed by atoms with Crippen LogP contribution in [0.3, 0.4) is 0 Å². The van der Waals surface area contributed by atoms with Crippen LogP contribution in [-0.4, -0.2) is 32.2 Å². The summed E-state index contributed by atoms with van der Waals surface area (Å²) in [5, 5.41) is 0. The highest BCUT2D eigenvalue weighted by atomic mass is 16.5. The molecule has 0 saturated heterocycles. The van der Waals surface area contributed by atoms with Gasteiger partial charge in [-0.2, -0.15) is 0 Å². The van der Waals surface area contributed by atoms with Gasteiger partial charge in [-0.3, -0.25) is 4.79 Å². The van der Waals surface area contributed by atoms with Gasteiger partial charge < -0.3 is 9.47 Å². The zero-order valence-electron chi connectivity index (χ0n) is 6.29. The van der Waals surface area contributed by atoms with Crippen molar-refractivity contribution in [1.82, 2.24) is 0 Å². The lowest BCUT2D eigenvalue weighted by Crippen LogP contribution is -2.23. The fraction of sp³-hybridized carbons (Fsp3) is 0.857. The lowest BCUT2D eigenvalue weighted by atomic mass is 10.3. The normalized spacial score (nSPS) is 33.2. The van der Waals surface area contributed by atoms with Crippen molar-refractivity contribution in [2.75, 3.05) is 14.2 Å². The Kier molecular flexibility index (Phi) is 2.40. The fourth-order valence-corrected chi connectivity index (χ4v) is 1.27. The Hall–Kier alpha value is -0.410. The van der Waals surface area contributed by atoms with E-state index in [4.69, 9.17) is 9.47 Å². The molecule has 1 fully saturated rings. The molecule has 0 aromatic heterocycles. The Morgan fingerprint density at radius 2 is 1.60 bits per heavy atom. The van der Waals surface area contributed by atoms with Gasteiger partial charge in [0, 0.05) is 27.1 Å². The molecule has 10 heavy (non-hydrogen) atoms. The molecule has 0 radical (unpaired) electrons. The van der Waals surface area contributed by atoms with Crippen LogP contribution in [0.1, 0.15) is 12.8 Å². The molecule has 0 aromatic rings. The Bertz CT molecular complexity index is 119. The first-order chi connectivity index (χ1) is 4.77. The van der Waals surface area contributed by atoms with E-state index in [0.29, 0.717) is 12.8 Å². The van der Waals surface area contributed by atoms with E-state index in [1.807, 2.05) is 0 Å². The lowest BCUT2D eigenvalue weighted by molar-refractivity contribution is -0.118. The van der Waals surface area contributed by atoms with Gasteiger partial charge in [0.05, 0.1) is 12.2 Å². The number of rotatable bonds is 2. The predicted octanol–water partition coefficient (Wildman–Crippen LogP) is 0.379. The van der Waals surface area contributed by atoms with Gasteiger partial charge >= 0.3 is 0 Å². The third kappa shape index (κ3) is 1.36. The number of hydrogen-bond donors (Lipinski definition) is 0. The molecule has 0 spiro atoms. The van der Waals surface area contributed by atoms with Crippen molar-refractivity contribution in [2.45, 2.75) is 25.0 Å². The summed E-state index contributed by atoms with van der Waals surface area (Å²) < 4.78 is 10.1. The lowest BCUT2D eigenvalue weighted by Gasteiger charge is -2.14. The van der Waals surface area contributed by atoms with E-state index in [9.17, 15) is 4.79 Å². The van der Waals surface area contributed by atoms with Crippen LogP contribution < -0.4 is 0 Å². The van der Waals surface area contributed by atoms with Crippen molar-refractivity contribution in [3.63, 3.8) is 0 Å². The number of ether oxygens (including phenoxy) is 2. The highest BCUT2D eigenvalue weighted by molar-refractivity contribution is 5.82. The van der Waals surface area contributed by atoms with E-state index >= 15 is 0 Å². The van der Waals surface area contributed by atoms with E-state index < -0.39 is 0 Å². The molecule has 2 atom stereocenters. The van der Waals surface area contributed by atoms with Gasteiger partial charge in [0.2, 0.25) is 0 Å². The van der Waals surface area contributed by atoms with E-state index in [1.165, 1.54) is 0 Å². The second-order valence-electron chi connectivity index (χ2n) is 2.50. The SMILES string of the molecule is CO[C@H]1CC(=O)C[C@H]1OC. The van der Waals surface area contributed by atoms with E-state index in [2.05, 4.69) is 0 Å². The van der Waals surface area contributed by atoms with Crippen molar-refractivity contribution >= 4 is 5.78 Å². The first-order valence-corrected chi connectivity index (χ1v) is 3.35. The quantitative estimate of drug-likeness (QED) is 0.562. The van der Waals surface area contributed by atoms with Crippen LogP contribution in [0.25, 0.3) is 0 Å². The molecule has 0 bridgehead atoms. The standard InChI is InChI=1S/C7H12O3/c1-9-6-3-5(8)4-7(6)10-2/h6-7H,3-4H2,1-2H3/t6-,7+. The molecule has 58 valence electrons. The summed E-state index contributed by atoms with van der Waals surface area (Å²) in [7, 11) is 3.21. The molecule has 0 aromatic carbocycles. The van der Waals surface area contributed by atoms with Crippen LogP contribution in [-0.2, 0) is 14.3 Å². The third-order valence-corrected chi connectivity index (χ3v) is 1.88. The van der Waals surface area contributed by atoms with E-state index in [1.54, 1.807) is 14.2 Å². The predicted molar refractivity (Wildman–Crippen MR) is 35.8 cm³/mol. The van der Waals surface area contributed by atoms with Crippen molar-refractivity contribution in [3.8, 4) is 0 Å². The maximum Gasteiger partial charge on any atom is 0.138 e. The maximum absolute atomic E-state index is 10.8. The summed E-state index contributed by atoms with van der Waals surface area (Å²) in [6.07, 6.45) is 0.985. The van der Waals surface area contributed by atoms with Gasteiger partial charge in [0.15, 0.2) is 0 Å². The van der Waals surface area contributed by atoms with Gasteiger partial charge in [-0.15, -0.1) is 0 Å². The average molecular weight is 144 g/mol. The summed E-state index contributed by atoms with van der Waals surface area (Å²) in [6.45, 7) is 0. The Morgan fingerprint density at radius 3 is 1.90 bits per heavy atom. The molecule has 1 rings (SSSR count). The number of hydrogen-bond acceptors (Lipinski definition) is 3. The number of carbonyl (C=O) groups is 1. The zero-order valence-corrected chi connectivity index (χ0v) is 6.29. The van der Waals surface area contributed by atoms with Crippen LogP contribution in [0.2, 0.25) is 0 Å². The van der Waals surface area contributed by atoms with Crippen LogP contribution >= 0.6 is 0 Å².